The van der Waals surface area contributed by atoms with Gasteiger partial charge in [-0.3, -0.25) is 0 Å². The van der Waals surface area contributed by atoms with Crippen LogP contribution in [0.5, 0.6) is 0 Å². The second-order valence-corrected chi connectivity index (χ2v) is 4.73. The van der Waals surface area contributed by atoms with E-state index >= 15 is 0 Å². The van der Waals surface area contributed by atoms with Gasteiger partial charge in [0.2, 0.25) is 0 Å². The van der Waals surface area contributed by atoms with E-state index in [-0.39, 0.29) is 12.1 Å². The van der Waals surface area contributed by atoms with E-state index in [0.29, 0.717) is 6.04 Å². The highest BCUT2D eigenvalue weighted by Gasteiger charge is 2.38. The molecule has 14 heavy (non-hydrogen) atoms. The van der Waals surface area contributed by atoms with Crippen molar-refractivity contribution >= 4 is 0 Å². The fourth-order valence-electron chi connectivity index (χ4n) is 2.29. The zero-order chi connectivity index (χ0) is 10.6. The lowest BCUT2D eigenvalue weighted by Gasteiger charge is -2.29. The summed E-state index contributed by atoms with van der Waals surface area (Å²) in [5.41, 5.74) is 0.00491. The predicted octanol–water partition coefficient (Wildman–Crippen LogP) is 0.831. The maximum atomic E-state index is 9.46. The highest BCUT2D eigenvalue weighted by atomic mass is 16.3. The highest BCUT2D eigenvalue weighted by molar-refractivity contribution is 4.98. The fraction of sp³-hybridized carbons (Fsp3) is 1.00. The van der Waals surface area contributed by atoms with Crippen LogP contribution < -0.4 is 5.32 Å². The maximum Gasteiger partial charge on any atom is 0.0613 e. The monoisotopic (exact) mass is 200 g/mol. The molecule has 0 aromatic rings. The average Bonchev–Trinajstić information content (AvgIpc) is 2.60. The standard InChI is InChI=1S/C11H24N2O/c1-4-7-12-11(9-14)6-5-10(8-11)13(2)3/h10,12,14H,4-9H2,1-3H3. The number of rotatable bonds is 5. The molecule has 0 amide bonds. The highest BCUT2D eigenvalue weighted by Crippen LogP contribution is 2.31. The Kier molecular flexibility index (Phi) is 4.35. The Morgan fingerprint density at radius 3 is 2.64 bits per heavy atom. The molecule has 0 saturated heterocycles. The fourth-order valence-corrected chi connectivity index (χ4v) is 2.29. The molecule has 0 radical (unpaired) electrons. The van der Waals surface area contributed by atoms with Gasteiger partial charge in [0, 0.05) is 11.6 Å². The molecule has 2 atom stereocenters. The summed E-state index contributed by atoms with van der Waals surface area (Å²) in [6.45, 7) is 3.45. The van der Waals surface area contributed by atoms with E-state index in [1.165, 1.54) is 6.42 Å². The van der Waals surface area contributed by atoms with Gasteiger partial charge < -0.3 is 15.3 Å². The Bertz CT molecular complexity index is 173. The van der Waals surface area contributed by atoms with Gasteiger partial charge in [-0.05, 0) is 46.3 Å². The summed E-state index contributed by atoms with van der Waals surface area (Å²) in [6.07, 6.45) is 4.52. The Hall–Kier alpha value is -0.120. The first-order chi connectivity index (χ1) is 6.63. The van der Waals surface area contributed by atoms with Crippen molar-refractivity contribution in [2.24, 2.45) is 0 Å². The van der Waals surface area contributed by atoms with E-state index in [4.69, 9.17) is 0 Å². The van der Waals surface area contributed by atoms with Crippen molar-refractivity contribution in [2.45, 2.75) is 44.2 Å². The Balaban J connectivity index is 2.48. The van der Waals surface area contributed by atoms with Crippen LogP contribution in [0.3, 0.4) is 0 Å². The first-order valence-corrected chi connectivity index (χ1v) is 5.66. The van der Waals surface area contributed by atoms with Crippen LogP contribution in [0.4, 0.5) is 0 Å². The SMILES string of the molecule is CCCNC1(CO)CCC(N(C)C)C1. The van der Waals surface area contributed by atoms with Gasteiger partial charge in [0.1, 0.15) is 0 Å². The van der Waals surface area contributed by atoms with E-state index in [9.17, 15) is 5.11 Å². The molecule has 0 aromatic carbocycles. The van der Waals surface area contributed by atoms with Crippen molar-refractivity contribution in [1.29, 1.82) is 0 Å². The van der Waals surface area contributed by atoms with Gasteiger partial charge in [-0.15, -0.1) is 0 Å². The smallest absolute Gasteiger partial charge is 0.0613 e. The molecule has 3 nitrogen and oxygen atoms in total. The van der Waals surface area contributed by atoms with Crippen LogP contribution in [0.15, 0.2) is 0 Å². The van der Waals surface area contributed by atoms with Crippen molar-refractivity contribution in [3.63, 3.8) is 0 Å². The van der Waals surface area contributed by atoms with Crippen LogP contribution in [0.1, 0.15) is 32.6 Å². The number of nitrogens with zero attached hydrogens (tertiary/aromatic N) is 1. The van der Waals surface area contributed by atoms with Gasteiger partial charge in [0.25, 0.3) is 0 Å². The molecule has 0 aromatic heterocycles. The van der Waals surface area contributed by atoms with Crippen molar-refractivity contribution in [1.82, 2.24) is 10.2 Å². The topological polar surface area (TPSA) is 35.5 Å². The first kappa shape index (κ1) is 12.0. The number of aliphatic hydroxyl groups is 1. The maximum absolute atomic E-state index is 9.46. The zero-order valence-electron chi connectivity index (χ0n) is 9.71. The zero-order valence-corrected chi connectivity index (χ0v) is 9.71. The molecule has 1 fully saturated rings. The van der Waals surface area contributed by atoms with Gasteiger partial charge in [0.15, 0.2) is 0 Å². The van der Waals surface area contributed by atoms with E-state index < -0.39 is 0 Å². The van der Waals surface area contributed by atoms with Gasteiger partial charge >= 0.3 is 0 Å². The summed E-state index contributed by atoms with van der Waals surface area (Å²) in [4.78, 5) is 2.27. The second-order valence-electron chi connectivity index (χ2n) is 4.73. The number of hydrogen-bond donors (Lipinski definition) is 2. The van der Waals surface area contributed by atoms with E-state index in [0.717, 1.165) is 25.8 Å². The third-order valence-corrected chi connectivity index (χ3v) is 3.37. The lowest BCUT2D eigenvalue weighted by Crippen LogP contribution is -2.47. The van der Waals surface area contributed by atoms with Crippen LogP contribution in [-0.2, 0) is 0 Å². The third kappa shape index (κ3) is 2.69. The normalized spacial score (nSPS) is 32.8. The molecule has 1 aliphatic rings. The molecular weight excluding hydrogens is 176 g/mol. The van der Waals surface area contributed by atoms with Crippen molar-refractivity contribution in [3.8, 4) is 0 Å². The average molecular weight is 200 g/mol. The summed E-state index contributed by atoms with van der Waals surface area (Å²) < 4.78 is 0. The molecule has 0 heterocycles. The molecule has 84 valence electrons. The second kappa shape index (κ2) is 5.10. The molecule has 0 spiro atoms. The Morgan fingerprint density at radius 1 is 1.50 bits per heavy atom. The van der Waals surface area contributed by atoms with Crippen LogP contribution in [0.2, 0.25) is 0 Å². The van der Waals surface area contributed by atoms with E-state index in [1.807, 2.05) is 0 Å². The number of aliphatic hydroxyl groups excluding tert-OH is 1. The minimum Gasteiger partial charge on any atom is -0.394 e. The third-order valence-electron chi connectivity index (χ3n) is 3.37. The number of hydrogen-bond acceptors (Lipinski definition) is 3. The molecule has 1 rings (SSSR count). The van der Waals surface area contributed by atoms with Crippen LogP contribution in [0, 0.1) is 0 Å². The van der Waals surface area contributed by atoms with Gasteiger partial charge in [-0.2, -0.15) is 0 Å². The summed E-state index contributed by atoms with van der Waals surface area (Å²) in [5.74, 6) is 0. The quantitative estimate of drug-likeness (QED) is 0.690. The molecular formula is C11H24N2O. The molecule has 2 N–H and O–H groups in total. The van der Waals surface area contributed by atoms with E-state index in [1.54, 1.807) is 0 Å². The van der Waals surface area contributed by atoms with E-state index in [2.05, 4.69) is 31.2 Å². The van der Waals surface area contributed by atoms with Crippen molar-refractivity contribution < 1.29 is 5.11 Å². The number of nitrogens with one attached hydrogen (secondary N) is 1. The first-order valence-electron chi connectivity index (χ1n) is 5.66. The van der Waals surface area contributed by atoms with Crippen LogP contribution in [-0.4, -0.2) is 48.8 Å². The Labute approximate surface area is 87.5 Å². The van der Waals surface area contributed by atoms with Gasteiger partial charge in [0.05, 0.1) is 6.61 Å². The van der Waals surface area contributed by atoms with Crippen LogP contribution >= 0.6 is 0 Å². The molecule has 1 aliphatic carbocycles. The summed E-state index contributed by atoms with van der Waals surface area (Å²) >= 11 is 0. The van der Waals surface area contributed by atoms with Crippen LogP contribution in [0.25, 0.3) is 0 Å². The van der Waals surface area contributed by atoms with Gasteiger partial charge in [-0.25, -0.2) is 0 Å². The lowest BCUT2D eigenvalue weighted by atomic mass is 9.98. The van der Waals surface area contributed by atoms with Crippen molar-refractivity contribution in [3.05, 3.63) is 0 Å². The van der Waals surface area contributed by atoms with Gasteiger partial charge in [-0.1, -0.05) is 6.92 Å². The molecule has 0 bridgehead atoms. The van der Waals surface area contributed by atoms with Crippen molar-refractivity contribution in [2.75, 3.05) is 27.2 Å². The molecule has 2 unspecified atom stereocenters. The summed E-state index contributed by atoms with van der Waals surface area (Å²) in [7, 11) is 4.25. The lowest BCUT2D eigenvalue weighted by molar-refractivity contribution is 0.155. The molecule has 1 saturated carbocycles. The Morgan fingerprint density at radius 2 is 2.21 bits per heavy atom. The molecule has 0 aliphatic heterocycles. The largest absolute Gasteiger partial charge is 0.394 e. The summed E-state index contributed by atoms with van der Waals surface area (Å²) in [5, 5.41) is 13.0. The minimum atomic E-state index is 0.00491. The summed E-state index contributed by atoms with van der Waals surface area (Å²) in [6, 6.07) is 0.631. The predicted molar refractivity (Wildman–Crippen MR) is 59.4 cm³/mol. The minimum absolute atomic E-state index is 0.00491. The molecule has 3 heteroatoms.